The Bertz CT molecular complexity index is 783. The van der Waals surface area contributed by atoms with Crippen LogP contribution < -0.4 is 9.62 Å². The van der Waals surface area contributed by atoms with Gasteiger partial charge in [-0.3, -0.25) is 9.11 Å². The maximum atomic E-state index is 10.6. The third kappa shape index (κ3) is 4.78. The number of piperazine rings is 1. The Morgan fingerprint density at radius 3 is 2.29 bits per heavy atom. The number of nitrogens with one attached hydrogen (secondary N) is 1. The van der Waals surface area contributed by atoms with E-state index in [1.54, 1.807) is 0 Å². The lowest BCUT2D eigenvalue weighted by atomic mass is 10.1. The molecule has 1 unspecified atom stereocenters. The molecule has 6 nitrogen and oxygen atoms in total. The van der Waals surface area contributed by atoms with Crippen LogP contribution in [0.25, 0.3) is 11.1 Å². The molecule has 1 atom stereocenters. The molecule has 2 aromatic rings. The highest BCUT2D eigenvalue weighted by molar-refractivity contribution is 7.77. The number of anilines is 1. The second kappa shape index (κ2) is 9.13. The van der Waals surface area contributed by atoms with Crippen molar-refractivity contribution < 1.29 is 8.76 Å². The first kappa shape index (κ1) is 19.5. The molecule has 1 saturated carbocycles. The van der Waals surface area contributed by atoms with Crippen LogP contribution in [0.4, 0.5) is 5.82 Å². The van der Waals surface area contributed by atoms with Gasteiger partial charge in [0, 0.05) is 61.8 Å². The van der Waals surface area contributed by atoms with Gasteiger partial charge in [0.25, 0.3) is 0 Å². The van der Waals surface area contributed by atoms with E-state index in [2.05, 4.69) is 26.7 Å². The van der Waals surface area contributed by atoms with Gasteiger partial charge in [-0.1, -0.05) is 37.1 Å². The summed E-state index contributed by atoms with van der Waals surface area (Å²) in [4.78, 5) is 9.74. The molecule has 2 fully saturated rings. The molecule has 0 spiro atoms. The van der Waals surface area contributed by atoms with Crippen molar-refractivity contribution in [2.24, 2.45) is 0 Å². The molecule has 1 aliphatic heterocycles. The Balaban J connectivity index is 1.34. The number of rotatable bonds is 6. The smallest absolute Gasteiger partial charge is 0.128 e. The number of pyridine rings is 1. The first-order chi connectivity index (χ1) is 13.7. The van der Waals surface area contributed by atoms with Crippen molar-refractivity contribution in [3.8, 4) is 11.1 Å². The fourth-order valence-electron chi connectivity index (χ4n) is 4.29. The summed E-state index contributed by atoms with van der Waals surface area (Å²) in [5.41, 5.74) is 3.08. The van der Waals surface area contributed by atoms with Crippen molar-refractivity contribution in [1.29, 1.82) is 0 Å². The van der Waals surface area contributed by atoms with Gasteiger partial charge < -0.3 is 9.45 Å². The number of hydrogen-bond acceptors (Lipinski definition) is 5. The quantitative estimate of drug-likeness (QED) is 0.756. The van der Waals surface area contributed by atoms with E-state index in [4.69, 9.17) is 4.98 Å². The average molecular weight is 400 g/mol. The number of aromatic nitrogens is 1. The molecule has 1 aromatic carbocycles. The van der Waals surface area contributed by atoms with E-state index in [1.165, 1.54) is 25.7 Å². The molecular weight excluding hydrogens is 372 g/mol. The summed E-state index contributed by atoms with van der Waals surface area (Å²) in [6.07, 6.45) is 7.46. The summed E-state index contributed by atoms with van der Waals surface area (Å²) in [5, 5.41) is 0. The van der Waals surface area contributed by atoms with Crippen LogP contribution in [-0.2, 0) is 17.8 Å². The molecule has 0 amide bonds. The summed E-state index contributed by atoms with van der Waals surface area (Å²) in [6.45, 7) is 4.67. The van der Waals surface area contributed by atoms with Crippen LogP contribution in [0.2, 0.25) is 0 Å². The standard InChI is InChI=1S/C21H28N4O2S/c26-28(27)23-15-17-5-7-18(8-6-17)19-9-10-21(22-16-19)25-13-11-24(12-14-25)20-3-1-2-4-20/h5-10,16,20,23H,1-4,11-15H2,(H,26,27)/p-1. The van der Waals surface area contributed by atoms with Gasteiger partial charge in [0.2, 0.25) is 0 Å². The van der Waals surface area contributed by atoms with Gasteiger partial charge >= 0.3 is 0 Å². The molecule has 0 bridgehead atoms. The first-order valence-electron chi connectivity index (χ1n) is 10.1. The van der Waals surface area contributed by atoms with Gasteiger partial charge in [0.1, 0.15) is 5.82 Å². The van der Waals surface area contributed by atoms with E-state index in [0.29, 0.717) is 6.54 Å². The van der Waals surface area contributed by atoms with E-state index in [0.717, 1.165) is 54.7 Å². The van der Waals surface area contributed by atoms with E-state index in [9.17, 15) is 8.76 Å². The van der Waals surface area contributed by atoms with Crippen molar-refractivity contribution in [2.45, 2.75) is 38.3 Å². The lowest BCUT2D eigenvalue weighted by Crippen LogP contribution is -2.49. The first-order valence-corrected chi connectivity index (χ1v) is 11.1. The molecule has 2 heterocycles. The van der Waals surface area contributed by atoms with Gasteiger partial charge in [0.05, 0.1) is 0 Å². The third-order valence-corrected chi connectivity index (χ3v) is 6.29. The van der Waals surface area contributed by atoms with Gasteiger partial charge in [-0.2, -0.15) is 0 Å². The molecule has 150 valence electrons. The highest BCUT2D eigenvalue weighted by atomic mass is 32.2. The number of nitrogens with zero attached hydrogens (tertiary/aromatic N) is 3. The molecule has 28 heavy (non-hydrogen) atoms. The second-order valence-electron chi connectivity index (χ2n) is 7.62. The summed E-state index contributed by atoms with van der Waals surface area (Å²) in [6, 6.07) is 12.9. The van der Waals surface area contributed by atoms with E-state index >= 15 is 0 Å². The summed E-state index contributed by atoms with van der Waals surface area (Å²) in [5.74, 6) is 1.05. The SMILES string of the molecule is O=S([O-])NCc1ccc(-c2ccc(N3CCN(C4CCCC4)CC3)nc2)cc1. The molecule has 1 aromatic heterocycles. The monoisotopic (exact) mass is 399 g/mol. The molecule has 4 rings (SSSR count). The van der Waals surface area contributed by atoms with Crippen LogP contribution >= 0.6 is 0 Å². The highest BCUT2D eigenvalue weighted by Crippen LogP contribution is 2.26. The van der Waals surface area contributed by atoms with Gasteiger partial charge in [-0.15, -0.1) is 0 Å². The topological polar surface area (TPSA) is 71.5 Å². The molecule has 0 radical (unpaired) electrons. The maximum Gasteiger partial charge on any atom is 0.128 e. The zero-order valence-corrected chi connectivity index (χ0v) is 16.9. The van der Waals surface area contributed by atoms with E-state index in [-0.39, 0.29) is 0 Å². The van der Waals surface area contributed by atoms with Crippen molar-refractivity contribution >= 4 is 17.1 Å². The number of benzene rings is 1. The van der Waals surface area contributed by atoms with Crippen LogP contribution in [0.5, 0.6) is 0 Å². The Morgan fingerprint density at radius 1 is 1.00 bits per heavy atom. The van der Waals surface area contributed by atoms with Gasteiger partial charge in [-0.25, -0.2) is 9.71 Å². The molecule has 1 saturated heterocycles. The molecular formula is C21H27N4O2S-. The highest BCUT2D eigenvalue weighted by Gasteiger charge is 2.26. The molecule has 1 aliphatic carbocycles. The zero-order chi connectivity index (χ0) is 19.3. The Kier molecular flexibility index (Phi) is 6.36. The fraction of sp³-hybridized carbons (Fsp3) is 0.476. The fourth-order valence-corrected chi connectivity index (χ4v) is 4.57. The Hall–Kier alpha value is -1.80. The third-order valence-electron chi connectivity index (χ3n) is 5.91. The van der Waals surface area contributed by atoms with Crippen LogP contribution in [0, 0.1) is 0 Å². The van der Waals surface area contributed by atoms with Crippen LogP contribution in [0.15, 0.2) is 42.6 Å². The largest absolute Gasteiger partial charge is 0.760 e. The van der Waals surface area contributed by atoms with Gasteiger partial charge in [-0.05, 0) is 36.1 Å². The predicted octanol–water partition coefficient (Wildman–Crippen LogP) is 2.70. The normalized spacial score (nSPS) is 19.8. The van der Waals surface area contributed by atoms with Crippen LogP contribution in [0.1, 0.15) is 31.2 Å². The lowest BCUT2D eigenvalue weighted by molar-refractivity contribution is 0.187. The zero-order valence-electron chi connectivity index (χ0n) is 16.0. The van der Waals surface area contributed by atoms with Crippen LogP contribution in [0.3, 0.4) is 0 Å². The van der Waals surface area contributed by atoms with Gasteiger partial charge in [0.15, 0.2) is 0 Å². The van der Waals surface area contributed by atoms with E-state index in [1.807, 2.05) is 30.5 Å². The van der Waals surface area contributed by atoms with Crippen LogP contribution in [-0.4, -0.2) is 50.9 Å². The minimum atomic E-state index is -2.23. The second-order valence-corrected chi connectivity index (χ2v) is 8.38. The summed E-state index contributed by atoms with van der Waals surface area (Å²) < 4.78 is 23.5. The minimum absolute atomic E-state index is 0.306. The lowest BCUT2D eigenvalue weighted by Gasteiger charge is -2.38. The summed E-state index contributed by atoms with van der Waals surface area (Å²) in [7, 11) is 0. The predicted molar refractivity (Wildman–Crippen MR) is 111 cm³/mol. The minimum Gasteiger partial charge on any atom is -0.760 e. The molecule has 7 heteroatoms. The average Bonchev–Trinajstić information content (AvgIpc) is 3.28. The molecule has 1 N–H and O–H groups in total. The van der Waals surface area contributed by atoms with Crippen molar-refractivity contribution in [3.05, 3.63) is 48.2 Å². The molecule has 2 aliphatic rings. The van der Waals surface area contributed by atoms with Crippen molar-refractivity contribution in [3.63, 3.8) is 0 Å². The van der Waals surface area contributed by atoms with E-state index < -0.39 is 11.3 Å². The Labute approximate surface area is 169 Å². The Morgan fingerprint density at radius 2 is 1.68 bits per heavy atom. The maximum absolute atomic E-state index is 10.6. The van der Waals surface area contributed by atoms with Crippen molar-refractivity contribution in [1.82, 2.24) is 14.6 Å². The number of hydrogen-bond donors (Lipinski definition) is 1. The summed E-state index contributed by atoms with van der Waals surface area (Å²) >= 11 is -2.23. The van der Waals surface area contributed by atoms with Crippen molar-refractivity contribution in [2.75, 3.05) is 31.1 Å².